The van der Waals surface area contributed by atoms with Crippen LogP contribution in [0, 0.1) is 11.8 Å². The summed E-state index contributed by atoms with van der Waals surface area (Å²) in [4.78, 5) is 23.1. The molecule has 6 heteroatoms. The minimum absolute atomic E-state index is 0.146. The fraction of sp³-hybridized carbons (Fsp3) is 0.500. The Bertz CT molecular complexity index is 870. The molecule has 0 saturated heterocycles. The maximum atomic E-state index is 11.6. The van der Waals surface area contributed by atoms with Gasteiger partial charge < -0.3 is 19.7 Å². The van der Waals surface area contributed by atoms with Gasteiger partial charge in [-0.05, 0) is 98.6 Å². The van der Waals surface area contributed by atoms with Gasteiger partial charge in [0.05, 0.1) is 26.1 Å². The molecule has 0 aromatic heterocycles. The average Bonchev–Trinajstić information content (AvgIpc) is 3.70. The molecule has 34 heavy (non-hydrogen) atoms. The van der Waals surface area contributed by atoms with Crippen LogP contribution in [0.1, 0.15) is 75.3 Å². The number of hydrogen-bond acceptors (Lipinski definition) is 6. The number of carbonyl (C=O) groups excluding carboxylic acids is 2. The van der Waals surface area contributed by atoms with E-state index in [0.717, 1.165) is 11.1 Å². The van der Waals surface area contributed by atoms with Gasteiger partial charge in [0.25, 0.3) is 0 Å². The van der Waals surface area contributed by atoms with E-state index in [2.05, 4.69) is 0 Å². The maximum absolute atomic E-state index is 11.6. The molecular formula is C28H36O6. The molecule has 2 atom stereocenters. The van der Waals surface area contributed by atoms with Crippen molar-refractivity contribution in [2.45, 2.75) is 64.2 Å². The molecule has 0 radical (unpaired) electrons. The molecule has 0 aliphatic heterocycles. The number of aromatic hydroxyl groups is 2. The number of benzene rings is 2. The van der Waals surface area contributed by atoms with E-state index in [0.29, 0.717) is 37.9 Å². The van der Waals surface area contributed by atoms with Crippen molar-refractivity contribution in [1.29, 1.82) is 0 Å². The molecule has 2 fully saturated rings. The molecule has 2 aromatic rings. The summed E-state index contributed by atoms with van der Waals surface area (Å²) in [6.45, 7) is 4.49. The van der Waals surface area contributed by atoms with Gasteiger partial charge in [0.15, 0.2) is 0 Å². The Morgan fingerprint density at radius 3 is 1.44 bits per heavy atom. The number of rotatable bonds is 10. The Morgan fingerprint density at radius 1 is 0.765 bits per heavy atom. The van der Waals surface area contributed by atoms with Crippen molar-refractivity contribution in [2.75, 3.05) is 13.2 Å². The molecule has 2 N–H and O–H groups in total. The van der Waals surface area contributed by atoms with Gasteiger partial charge in [0.1, 0.15) is 11.5 Å². The summed E-state index contributed by atoms with van der Waals surface area (Å²) in [5.41, 5.74) is 2.08. The van der Waals surface area contributed by atoms with Crippen molar-refractivity contribution in [1.82, 2.24) is 0 Å². The number of phenols is 2. The summed E-state index contributed by atoms with van der Waals surface area (Å²) < 4.78 is 10.0. The molecule has 2 saturated carbocycles. The van der Waals surface area contributed by atoms with Crippen LogP contribution in [-0.4, -0.2) is 35.4 Å². The van der Waals surface area contributed by atoms with Crippen LogP contribution in [0.25, 0.3) is 0 Å². The van der Waals surface area contributed by atoms with Crippen molar-refractivity contribution < 1.29 is 29.3 Å². The third-order valence-corrected chi connectivity index (χ3v) is 6.36. The van der Waals surface area contributed by atoms with Crippen LogP contribution in [0.2, 0.25) is 0 Å². The average molecular weight is 469 g/mol. The van der Waals surface area contributed by atoms with Crippen LogP contribution in [0.4, 0.5) is 0 Å². The van der Waals surface area contributed by atoms with Crippen LogP contribution >= 0.6 is 0 Å². The van der Waals surface area contributed by atoms with E-state index in [1.165, 1.54) is 25.7 Å². The predicted octanol–water partition coefficient (Wildman–Crippen LogP) is 5.68. The molecule has 0 heterocycles. The number of hydrogen-bond donors (Lipinski definition) is 2. The van der Waals surface area contributed by atoms with Gasteiger partial charge >= 0.3 is 11.9 Å². The molecular weight excluding hydrogens is 432 g/mol. The zero-order chi connectivity index (χ0) is 24.5. The van der Waals surface area contributed by atoms with E-state index in [9.17, 15) is 19.8 Å². The minimum atomic E-state index is -0.146. The Labute approximate surface area is 201 Å². The number of carbonyl (C=O) groups is 2. The molecule has 0 bridgehead atoms. The Morgan fingerprint density at radius 2 is 1.15 bits per heavy atom. The second-order valence-corrected chi connectivity index (χ2v) is 9.10. The van der Waals surface area contributed by atoms with Crippen LogP contribution in [-0.2, 0) is 19.1 Å². The summed E-state index contributed by atoms with van der Waals surface area (Å²) in [6.07, 6.45) is 5.50. The fourth-order valence-corrected chi connectivity index (χ4v) is 4.42. The van der Waals surface area contributed by atoms with Crippen molar-refractivity contribution in [3.63, 3.8) is 0 Å². The Kier molecular flexibility index (Phi) is 9.37. The van der Waals surface area contributed by atoms with E-state index >= 15 is 0 Å². The molecule has 0 unspecified atom stereocenters. The zero-order valence-corrected chi connectivity index (χ0v) is 20.1. The number of esters is 2. The highest BCUT2D eigenvalue weighted by Gasteiger charge is 2.35. The lowest BCUT2D eigenvalue weighted by atomic mass is 9.91. The molecule has 4 rings (SSSR count). The lowest BCUT2D eigenvalue weighted by Crippen LogP contribution is -2.12. The van der Waals surface area contributed by atoms with E-state index in [4.69, 9.17) is 9.47 Å². The van der Waals surface area contributed by atoms with Gasteiger partial charge in [-0.25, -0.2) is 0 Å². The third-order valence-electron chi connectivity index (χ3n) is 6.36. The maximum Gasteiger partial charge on any atom is 0.306 e. The van der Waals surface area contributed by atoms with Crippen LogP contribution in [0.5, 0.6) is 11.5 Å². The molecule has 0 spiro atoms. The predicted molar refractivity (Wildman–Crippen MR) is 130 cm³/mol. The second kappa shape index (κ2) is 12.4. The summed E-state index contributed by atoms with van der Waals surface area (Å²) in [5, 5.41) is 19.0. The van der Waals surface area contributed by atoms with Gasteiger partial charge in [0, 0.05) is 0 Å². The standard InChI is InChI=1S/2C14H18O3/c2*1-2-17-14(16)9-13(10-6-7-10)11-4-3-5-12(15)8-11/h2*3-5,8,10,13,15H,2,6-7,9H2,1H3/t2*13-/m10/s1. The third kappa shape index (κ3) is 8.08. The first-order valence-corrected chi connectivity index (χ1v) is 12.3. The van der Waals surface area contributed by atoms with Gasteiger partial charge in [-0.2, -0.15) is 0 Å². The monoisotopic (exact) mass is 468 g/mol. The van der Waals surface area contributed by atoms with Gasteiger partial charge in [-0.3, -0.25) is 9.59 Å². The summed E-state index contributed by atoms with van der Waals surface area (Å²) >= 11 is 0. The summed E-state index contributed by atoms with van der Waals surface area (Å²) in [5.74, 6) is 1.76. The summed E-state index contributed by atoms with van der Waals surface area (Å²) in [6, 6.07) is 14.4. The second-order valence-electron chi connectivity index (χ2n) is 9.10. The lowest BCUT2D eigenvalue weighted by molar-refractivity contribution is -0.144. The topological polar surface area (TPSA) is 93.1 Å². The van der Waals surface area contributed by atoms with E-state index < -0.39 is 0 Å². The molecule has 2 aliphatic carbocycles. The molecule has 184 valence electrons. The van der Waals surface area contributed by atoms with Gasteiger partial charge in [-0.1, -0.05) is 24.3 Å². The van der Waals surface area contributed by atoms with Crippen molar-refractivity contribution in [3.8, 4) is 11.5 Å². The van der Waals surface area contributed by atoms with Crippen LogP contribution < -0.4 is 0 Å². The summed E-state index contributed by atoms with van der Waals surface area (Å²) in [7, 11) is 0. The highest BCUT2D eigenvalue weighted by Crippen LogP contribution is 2.46. The Balaban J connectivity index is 0.000000191. The molecule has 2 aromatic carbocycles. The van der Waals surface area contributed by atoms with E-state index in [-0.39, 0.29) is 35.3 Å². The first kappa shape index (κ1) is 25.6. The fourth-order valence-electron chi connectivity index (χ4n) is 4.42. The SMILES string of the molecule is CCOC(=O)C[C@@H](c1cccc(O)c1)C1CC1.CCOC(=O)C[C@H](c1cccc(O)c1)C1CC1. The number of ether oxygens (including phenoxy) is 2. The molecule has 2 aliphatic rings. The van der Waals surface area contributed by atoms with E-state index in [1.807, 2.05) is 38.1 Å². The van der Waals surface area contributed by atoms with Crippen LogP contribution in [0.15, 0.2) is 48.5 Å². The highest BCUT2D eigenvalue weighted by atomic mass is 16.5. The van der Waals surface area contributed by atoms with E-state index in [1.54, 1.807) is 24.3 Å². The zero-order valence-electron chi connectivity index (χ0n) is 20.1. The van der Waals surface area contributed by atoms with Crippen LogP contribution in [0.3, 0.4) is 0 Å². The highest BCUT2D eigenvalue weighted by molar-refractivity contribution is 5.71. The first-order valence-electron chi connectivity index (χ1n) is 12.3. The largest absolute Gasteiger partial charge is 0.508 e. The van der Waals surface area contributed by atoms with Gasteiger partial charge in [-0.15, -0.1) is 0 Å². The first-order chi connectivity index (χ1) is 16.4. The number of phenolic OH excluding ortho intramolecular Hbond substituents is 2. The van der Waals surface area contributed by atoms with Gasteiger partial charge in [0.2, 0.25) is 0 Å². The Hall–Kier alpha value is -3.02. The lowest BCUT2D eigenvalue weighted by Gasteiger charge is -2.16. The van der Waals surface area contributed by atoms with Crippen molar-refractivity contribution in [2.24, 2.45) is 11.8 Å². The quantitative estimate of drug-likeness (QED) is 0.436. The minimum Gasteiger partial charge on any atom is -0.508 e. The van der Waals surface area contributed by atoms with Crippen molar-refractivity contribution >= 4 is 11.9 Å². The normalized spacial score (nSPS) is 16.5. The molecule has 6 nitrogen and oxygen atoms in total. The molecule has 0 amide bonds. The van der Waals surface area contributed by atoms with Crippen molar-refractivity contribution in [3.05, 3.63) is 59.7 Å². The smallest absolute Gasteiger partial charge is 0.306 e.